The van der Waals surface area contributed by atoms with E-state index in [9.17, 15) is 8.78 Å². The van der Waals surface area contributed by atoms with Crippen molar-refractivity contribution < 1.29 is 8.78 Å². The number of nitrogens with one attached hydrogen (secondary N) is 1. The number of nitrogens with zero attached hydrogens (tertiary/aromatic N) is 3. The van der Waals surface area contributed by atoms with Gasteiger partial charge in [-0.3, -0.25) is 14.8 Å². The summed E-state index contributed by atoms with van der Waals surface area (Å²) in [6.07, 6.45) is 17.0. The summed E-state index contributed by atoms with van der Waals surface area (Å²) in [4.78, 5) is 8.67. The molecule has 3 rings (SSSR count). The van der Waals surface area contributed by atoms with Crippen molar-refractivity contribution in [3.05, 3.63) is 108 Å². The molecule has 0 radical (unpaired) electrons. The molecule has 2 heterocycles. The van der Waals surface area contributed by atoms with Crippen LogP contribution >= 0.6 is 0 Å². The first-order valence-corrected chi connectivity index (χ1v) is 16.9. The van der Waals surface area contributed by atoms with Gasteiger partial charge in [-0.2, -0.15) is 0 Å². The van der Waals surface area contributed by atoms with Crippen molar-refractivity contribution >= 4 is 5.57 Å². The van der Waals surface area contributed by atoms with Crippen LogP contribution in [0.3, 0.4) is 0 Å². The smallest absolute Gasteiger partial charge is 0.261 e. The Bertz CT molecular complexity index is 1220. The van der Waals surface area contributed by atoms with E-state index in [0.29, 0.717) is 13.1 Å². The zero-order valence-electron chi connectivity index (χ0n) is 29.5. The first kappa shape index (κ1) is 42.9. The Hall–Kier alpha value is -3.09. The molecule has 258 valence electrons. The standard InChI is InChI=1S/C35H48F2N4.2C2H6.CH4/c1-8-16-40(17-9-2)23-26(4)11-14-33(10-3)39-29(7)28(6)34-20-31(13-12-27(34)5)32-19-30(21-38-22-32)24-41-18-15-35(36,37)25-41;2*1-2;/h10-14,19,21-22,34,39H,4,6-9,15-18,20,23-25H2,1-3,5H3;2*1-2H3;1H4/b14-11-,33-10+;;;. The number of aromatic nitrogens is 1. The molecule has 1 aromatic rings. The Morgan fingerprint density at radius 1 is 1.07 bits per heavy atom. The number of pyridine rings is 1. The van der Waals surface area contributed by atoms with Crippen LogP contribution in [0.2, 0.25) is 0 Å². The van der Waals surface area contributed by atoms with Crippen LogP contribution in [-0.4, -0.2) is 53.4 Å². The number of hydrogen-bond donors (Lipinski definition) is 1. The fourth-order valence-corrected chi connectivity index (χ4v) is 5.48. The van der Waals surface area contributed by atoms with Gasteiger partial charge in [-0.05, 0) is 86.2 Å². The Morgan fingerprint density at radius 3 is 2.28 bits per heavy atom. The molecule has 46 heavy (non-hydrogen) atoms. The third kappa shape index (κ3) is 14.1. The molecule has 1 aliphatic carbocycles. The highest BCUT2D eigenvalue weighted by atomic mass is 19.3. The lowest BCUT2D eigenvalue weighted by Gasteiger charge is -2.27. The van der Waals surface area contributed by atoms with E-state index in [1.165, 1.54) is 5.57 Å². The van der Waals surface area contributed by atoms with Crippen molar-refractivity contribution in [2.24, 2.45) is 5.92 Å². The maximum Gasteiger partial charge on any atom is 0.261 e. The maximum absolute atomic E-state index is 13.7. The lowest BCUT2D eigenvalue weighted by atomic mass is 9.80. The molecule has 0 spiro atoms. The van der Waals surface area contributed by atoms with Crippen molar-refractivity contribution in [1.82, 2.24) is 20.1 Å². The molecule has 4 nitrogen and oxygen atoms in total. The van der Waals surface area contributed by atoms with Gasteiger partial charge in [0.1, 0.15) is 0 Å². The zero-order valence-corrected chi connectivity index (χ0v) is 29.5. The lowest BCUT2D eigenvalue weighted by molar-refractivity contribution is 0.0115. The molecule has 1 atom stereocenters. The van der Waals surface area contributed by atoms with E-state index in [-0.39, 0.29) is 26.3 Å². The van der Waals surface area contributed by atoms with Gasteiger partial charge in [0, 0.05) is 55.8 Å². The molecule has 1 unspecified atom stereocenters. The molecule has 1 aliphatic heterocycles. The molecule has 1 aromatic heterocycles. The van der Waals surface area contributed by atoms with Crippen LogP contribution in [0.25, 0.3) is 5.57 Å². The van der Waals surface area contributed by atoms with Crippen LogP contribution in [-0.2, 0) is 6.54 Å². The van der Waals surface area contributed by atoms with Crippen molar-refractivity contribution in [2.75, 3.05) is 32.7 Å². The van der Waals surface area contributed by atoms with E-state index < -0.39 is 5.92 Å². The average Bonchev–Trinajstić information content (AvgIpc) is 3.38. The summed E-state index contributed by atoms with van der Waals surface area (Å²) in [5, 5.41) is 3.45. The Kier molecular flexibility index (Phi) is 20.9. The molecule has 1 N–H and O–H groups in total. The fraction of sp³-hybridized carbons (Fsp3) is 0.525. The number of likely N-dealkylation sites (tertiary alicyclic amines) is 1. The van der Waals surface area contributed by atoms with E-state index in [1.807, 2.05) is 46.9 Å². The van der Waals surface area contributed by atoms with E-state index in [4.69, 9.17) is 0 Å². The molecule has 6 heteroatoms. The van der Waals surface area contributed by atoms with Crippen molar-refractivity contribution in [3.63, 3.8) is 0 Å². The number of halogens is 2. The van der Waals surface area contributed by atoms with Crippen LogP contribution < -0.4 is 5.32 Å². The van der Waals surface area contributed by atoms with Gasteiger partial charge in [-0.15, -0.1) is 0 Å². The molecule has 0 amide bonds. The Labute approximate surface area is 281 Å². The first-order chi connectivity index (χ1) is 21.5. The first-order valence-electron chi connectivity index (χ1n) is 16.9. The Balaban J connectivity index is 0.00000389. The zero-order chi connectivity index (χ0) is 34.0. The molecule has 0 saturated carbocycles. The number of rotatable bonds is 15. The minimum absolute atomic E-state index is 0. The SMILES string of the molecule is C.C=C(/C=C\C(=C/C)NC(=C)C(=C)C1CC(c2cncc(CN3CCC(F)(F)C3)c2)=CC=C1C)CN(CCC)CCC.CC.CC. The third-order valence-corrected chi connectivity index (χ3v) is 7.76. The molecule has 0 bridgehead atoms. The largest absolute Gasteiger partial charge is 0.356 e. The molecular weight excluding hydrogens is 574 g/mol. The molecule has 2 aliphatic rings. The summed E-state index contributed by atoms with van der Waals surface area (Å²) in [5.41, 5.74) is 8.10. The van der Waals surface area contributed by atoms with Crippen LogP contribution in [0.15, 0.2) is 96.7 Å². The van der Waals surface area contributed by atoms with Crippen LogP contribution in [0.1, 0.15) is 99.6 Å². The van der Waals surface area contributed by atoms with Gasteiger partial charge in [0.25, 0.3) is 5.92 Å². The molecule has 1 saturated heterocycles. The second-order valence-corrected chi connectivity index (χ2v) is 11.4. The van der Waals surface area contributed by atoms with E-state index in [2.05, 4.69) is 86.1 Å². The fourth-order valence-electron chi connectivity index (χ4n) is 5.48. The van der Waals surface area contributed by atoms with Crippen LogP contribution in [0, 0.1) is 5.92 Å². The lowest BCUT2D eigenvalue weighted by Crippen LogP contribution is -2.27. The molecule has 0 aromatic carbocycles. The third-order valence-electron chi connectivity index (χ3n) is 7.76. The van der Waals surface area contributed by atoms with E-state index in [0.717, 1.165) is 78.1 Å². The van der Waals surface area contributed by atoms with E-state index >= 15 is 0 Å². The average molecular weight is 639 g/mol. The number of allylic oxidation sites excluding steroid dienone is 7. The van der Waals surface area contributed by atoms with Crippen molar-refractivity contribution in [2.45, 2.75) is 101 Å². The highest BCUT2D eigenvalue weighted by Crippen LogP contribution is 2.37. The summed E-state index contributed by atoms with van der Waals surface area (Å²) < 4.78 is 27.3. The Morgan fingerprint density at radius 2 is 1.72 bits per heavy atom. The van der Waals surface area contributed by atoms with Gasteiger partial charge >= 0.3 is 0 Å². The predicted molar refractivity (Wildman–Crippen MR) is 199 cm³/mol. The van der Waals surface area contributed by atoms with Gasteiger partial charge in [0.05, 0.1) is 6.54 Å². The minimum atomic E-state index is -2.59. The summed E-state index contributed by atoms with van der Waals surface area (Å²) in [6, 6.07) is 2.08. The highest BCUT2D eigenvalue weighted by Gasteiger charge is 2.38. The maximum atomic E-state index is 13.7. The summed E-state index contributed by atoms with van der Waals surface area (Å²) in [6.45, 7) is 33.3. The second-order valence-electron chi connectivity index (χ2n) is 11.4. The number of alkyl halides is 2. The molecular formula is C40H64F2N4. The molecule has 1 fully saturated rings. The van der Waals surface area contributed by atoms with Gasteiger partial charge in [-0.25, -0.2) is 8.78 Å². The van der Waals surface area contributed by atoms with Gasteiger partial charge < -0.3 is 5.32 Å². The van der Waals surface area contributed by atoms with Crippen molar-refractivity contribution in [3.8, 4) is 0 Å². The van der Waals surface area contributed by atoms with Crippen molar-refractivity contribution in [1.29, 1.82) is 0 Å². The van der Waals surface area contributed by atoms with Gasteiger partial charge in [0.15, 0.2) is 0 Å². The second kappa shape index (κ2) is 22.4. The number of hydrogen-bond acceptors (Lipinski definition) is 4. The topological polar surface area (TPSA) is 31.4 Å². The van der Waals surface area contributed by atoms with Crippen LogP contribution in [0.4, 0.5) is 8.78 Å². The quantitative estimate of drug-likeness (QED) is 0.194. The summed E-state index contributed by atoms with van der Waals surface area (Å²) in [7, 11) is 0. The normalized spacial score (nSPS) is 17.5. The van der Waals surface area contributed by atoms with Gasteiger partial charge in [-0.1, -0.05) is 98.6 Å². The highest BCUT2D eigenvalue weighted by molar-refractivity contribution is 5.70. The predicted octanol–water partition coefficient (Wildman–Crippen LogP) is 10.8. The van der Waals surface area contributed by atoms with E-state index in [1.54, 1.807) is 11.1 Å². The monoisotopic (exact) mass is 639 g/mol. The minimum Gasteiger partial charge on any atom is -0.356 e. The van der Waals surface area contributed by atoms with Crippen LogP contribution in [0.5, 0.6) is 0 Å². The van der Waals surface area contributed by atoms with Gasteiger partial charge in [0.2, 0.25) is 0 Å². The summed E-state index contributed by atoms with van der Waals surface area (Å²) >= 11 is 0. The summed E-state index contributed by atoms with van der Waals surface area (Å²) in [5.74, 6) is -2.49.